The van der Waals surface area contributed by atoms with Crippen molar-refractivity contribution in [3.05, 3.63) is 42.5 Å². The number of rotatable bonds is 4. The molecule has 0 bridgehead atoms. The molecule has 0 aliphatic rings. The minimum atomic E-state index is 0.739. The average Bonchev–Trinajstić information content (AvgIpc) is 2.93. The second-order valence-electron chi connectivity index (χ2n) is 4.29. The lowest BCUT2D eigenvalue weighted by Crippen LogP contribution is -2.12. The Balaban J connectivity index is 1.79. The summed E-state index contributed by atoms with van der Waals surface area (Å²) in [6.07, 6.45) is 5.10. The van der Waals surface area contributed by atoms with E-state index < -0.39 is 0 Å². The number of para-hydroxylation sites is 1. The van der Waals surface area contributed by atoms with Crippen LogP contribution in [-0.4, -0.2) is 31.5 Å². The molecule has 96 valence electrons. The predicted octanol–water partition coefficient (Wildman–Crippen LogP) is 1.64. The molecule has 0 spiro atoms. The largest absolute Gasteiger partial charge is 0.368 e. The summed E-state index contributed by atoms with van der Waals surface area (Å²) in [4.78, 5) is 8.62. The summed E-state index contributed by atoms with van der Waals surface area (Å²) in [5, 5.41) is 12.0. The van der Waals surface area contributed by atoms with Crippen molar-refractivity contribution in [1.82, 2.24) is 25.0 Å². The minimum Gasteiger partial charge on any atom is -0.368 e. The third kappa shape index (κ3) is 2.37. The van der Waals surface area contributed by atoms with E-state index in [1.165, 1.54) is 0 Å². The fourth-order valence-electron chi connectivity index (χ4n) is 2.02. The zero-order valence-electron chi connectivity index (χ0n) is 10.6. The Hall–Kier alpha value is -2.50. The Bertz CT molecular complexity index is 677. The van der Waals surface area contributed by atoms with Crippen molar-refractivity contribution < 1.29 is 0 Å². The summed E-state index contributed by atoms with van der Waals surface area (Å²) in [6.45, 7) is 3.54. The van der Waals surface area contributed by atoms with Crippen molar-refractivity contribution in [1.29, 1.82) is 0 Å². The number of hydrogen-bond donors (Lipinski definition) is 1. The van der Waals surface area contributed by atoms with Gasteiger partial charge in [0.2, 0.25) is 0 Å². The van der Waals surface area contributed by atoms with Gasteiger partial charge in [0.15, 0.2) is 0 Å². The smallest absolute Gasteiger partial charge is 0.137 e. The van der Waals surface area contributed by atoms with Gasteiger partial charge in [-0.2, -0.15) is 0 Å². The highest BCUT2D eigenvalue weighted by atomic mass is 15.4. The van der Waals surface area contributed by atoms with Crippen LogP contribution in [-0.2, 0) is 6.54 Å². The first-order valence-corrected chi connectivity index (χ1v) is 6.13. The van der Waals surface area contributed by atoms with Gasteiger partial charge in [-0.05, 0) is 18.6 Å². The number of aromatic nitrogens is 5. The van der Waals surface area contributed by atoms with Crippen LogP contribution in [0.5, 0.6) is 0 Å². The van der Waals surface area contributed by atoms with E-state index >= 15 is 0 Å². The van der Waals surface area contributed by atoms with E-state index in [4.69, 9.17) is 0 Å². The second-order valence-corrected chi connectivity index (χ2v) is 4.29. The predicted molar refractivity (Wildman–Crippen MR) is 72.8 cm³/mol. The van der Waals surface area contributed by atoms with Crippen LogP contribution >= 0.6 is 0 Å². The van der Waals surface area contributed by atoms with Crippen molar-refractivity contribution in [3.63, 3.8) is 0 Å². The Morgan fingerprint density at radius 2 is 2.21 bits per heavy atom. The van der Waals surface area contributed by atoms with E-state index in [0.717, 1.165) is 35.4 Å². The normalized spacial score (nSPS) is 10.8. The van der Waals surface area contributed by atoms with Crippen LogP contribution in [0.2, 0.25) is 0 Å². The Labute approximate surface area is 110 Å². The molecular weight excluding hydrogens is 240 g/mol. The molecule has 2 heterocycles. The third-order valence-corrected chi connectivity index (χ3v) is 2.97. The maximum Gasteiger partial charge on any atom is 0.137 e. The van der Waals surface area contributed by atoms with Gasteiger partial charge in [0.1, 0.15) is 12.1 Å². The van der Waals surface area contributed by atoms with Crippen LogP contribution in [0.15, 0.2) is 36.9 Å². The lowest BCUT2D eigenvalue weighted by molar-refractivity contribution is 0.608. The summed E-state index contributed by atoms with van der Waals surface area (Å²) < 4.78 is 1.78. The molecule has 0 unspecified atom stereocenters. The Morgan fingerprint density at radius 1 is 1.26 bits per heavy atom. The molecule has 0 amide bonds. The number of nitrogens with one attached hydrogen (secondary N) is 1. The van der Waals surface area contributed by atoms with Crippen LogP contribution < -0.4 is 5.32 Å². The van der Waals surface area contributed by atoms with Crippen molar-refractivity contribution in [3.8, 4) is 0 Å². The molecule has 3 rings (SSSR count). The zero-order valence-corrected chi connectivity index (χ0v) is 10.6. The summed E-state index contributed by atoms with van der Waals surface area (Å²) >= 11 is 0. The van der Waals surface area contributed by atoms with Crippen molar-refractivity contribution >= 4 is 16.7 Å². The molecule has 2 aromatic heterocycles. The first-order valence-electron chi connectivity index (χ1n) is 6.13. The second kappa shape index (κ2) is 5.01. The molecule has 0 saturated carbocycles. The highest BCUT2D eigenvalue weighted by molar-refractivity contribution is 5.90. The van der Waals surface area contributed by atoms with Gasteiger partial charge in [-0.3, -0.25) is 4.68 Å². The van der Waals surface area contributed by atoms with Gasteiger partial charge in [0, 0.05) is 18.1 Å². The van der Waals surface area contributed by atoms with Gasteiger partial charge in [-0.25, -0.2) is 9.97 Å². The number of aryl methyl sites for hydroxylation is 1. The van der Waals surface area contributed by atoms with Gasteiger partial charge in [0.05, 0.1) is 18.3 Å². The quantitative estimate of drug-likeness (QED) is 0.766. The molecule has 0 saturated heterocycles. The van der Waals surface area contributed by atoms with Gasteiger partial charge in [-0.1, -0.05) is 17.3 Å². The summed E-state index contributed by atoms with van der Waals surface area (Å²) in [5.41, 5.74) is 2.14. The fraction of sp³-hybridized carbons (Fsp3) is 0.231. The molecule has 3 aromatic rings. The van der Waals surface area contributed by atoms with Gasteiger partial charge < -0.3 is 5.32 Å². The molecule has 1 N–H and O–H groups in total. The first kappa shape index (κ1) is 11.6. The average molecular weight is 254 g/mol. The summed E-state index contributed by atoms with van der Waals surface area (Å²) in [7, 11) is 0. The third-order valence-electron chi connectivity index (χ3n) is 2.97. The molecule has 6 nitrogen and oxygen atoms in total. The molecule has 0 aliphatic carbocycles. The number of anilines is 1. The molecule has 0 atom stereocenters. The van der Waals surface area contributed by atoms with Crippen molar-refractivity contribution in [2.24, 2.45) is 0 Å². The monoisotopic (exact) mass is 254 g/mol. The van der Waals surface area contributed by atoms with Crippen LogP contribution in [0.1, 0.15) is 5.56 Å². The molecule has 1 aromatic carbocycles. The molecule has 0 fully saturated rings. The van der Waals surface area contributed by atoms with E-state index in [0.29, 0.717) is 0 Å². The van der Waals surface area contributed by atoms with E-state index in [1.54, 1.807) is 17.2 Å². The minimum absolute atomic E-state index is 0.739. The fourth-order valence-corrected chi connectivity index (χ4v) is 2.02. The lowest BCUT2D eigenvalue weighted by atomic mass is 10.1. The molecule has 19 heavy (non-hydrogen) atoms. The van der Waals surface area contributed by atoms with Crippen LogP contribution in [0, 0.1) is 6.92 Å². The molecule has 6 heteroatoms. The number of fused-ring (bicyclic) bond motifs is 1. The van der Waals surface area contributed by atoms with Crippen LogP contribution in [0.25, 0.3) is 10.9 Å². The van der Waals surface area contributed by atoms with E-state index in [9.17, 15) is 0 Å². The topological polar surface area (TPSA) is 68.5 Å². The van der Waals surface area contributed by atoms with Gasteiger partial charge in [-0.15, -0.1) is 5.10 Å². The first-order chi connectivity index (χ1) is 9.34. The zero-order chi connectivity index (χ0) is 13.1. The molecule has 0 aliphatic heterocycles. The highest BCUT2D eigenvalue weighted by Gasteiger charge is 2.04. The van der Waals surface area contributed by atoms with Gasteiger partial charge in [0.25, 0.3) is 0 Å². The maximum absolute atomic E-state index is 4.32. The van der Waals surface area contributed by atoms with Crippen LogP contribution in [0.3, 0.4) is 0 Å². The van der Waals surface area contributed by atoms with E-state index in [2.05, 4.69) is 38.6 Å². The molecule has 0 radical (unpaired) electrons. The molecular formula is C13H14N6. The standard InChI is InChI=1S/C13H14N6/c1-10-3-2-4-11-12(10)15-9-16-13(11)14-5-7-19-8-6-17-18-19/h2-4,6,8-9H,5,7H2,1H3,(H,14,15,16). The highest BCUT2D eigenvalue weighted by Crippen LogP contribution is 2.21. The van der Waals surface area contributed by atoms with Gasteiger partial charge >= 0.3 is 0 Å². The summed E-state index contributed by atoms with van der Waals surface area (Å²) in [5.74, 6) is 0.855. The SMILES string of the molecule is Cc1cccc2c(NCCn3ccnn3)ncnc12. The van der Waals surface area contributed by atoms with E-state index in [1.807, 2.05) is 18.3 Å². The lowest BCUT2D eigenvalue weighted by Gasteiger charge is -2.09. The number of benzene rings is 1. The Morgan fingerprint density at radius 3 is 3.05 bits per heavy atom. The van der Waals surface area contributed by atoms with Crippen LogP contribution in [0.4, 0.5) is 5.82 Å². The Kier molecular flexibility index (Phi) is 3.06. The maximum atomic E-state index is 4.32. The van der Waals surface area contributed by atoms with Crippen molar-refractivity contribution in [2.75, 3.05) is 11.9 Å². The number of nitrogens with zero attached hydrogens (tertiary/aromatic N) is 5. The summed E-state index contributed by atoms with van der Waals surface area (Å²) in [6, 6.07) is 6.10. The van der Waals surface area contributed by atoms with Crippen molar-refractivity contribution in [2.45, 2.75) is 13.5 Å². The number of hydrogen-bond acceptors (Lipinski definition) is 5. The van der Waals surface area contributed by atoms with E-state index in [-0.39, 0.29) is 0 Å².